The number of esters is 1. The molecule has 164 valence electrons. The van der Waals surface area contributed by atoms with Crippen LogP contribution in [0.1, 0.15) is 16.8 Å². The predicted molar refractivity (Wildman–Crippen MR) is 110 cm³/mol. The number of hydrogen-bond acceptors (Lipinski definition) is 8. The van der Waals surface area contributed by atoms with Crippen LogP contribution in [0.3, 0.4) is 0 Å². The number of para-hydroxylation sites is 2. The predicted octanol–water partition coefficient (Wildman–Crippen LogP) is -0.546. The highest BCUT2D eigenvalue weighted by Crippen LogP contribution is 2.33. The Bertz CT molecular complexity index is 1180. The summed E-state index contributed by atoms with van der Waals surface area (Å²) in [6, 6.07) is 6.90. The molecule has 1 aliphatic rings. The highest BCUT2D eigenvalue weighted by molar-refractivity contribution is 6.03. The average molecular weight is 430 g/mol. The largest absolute Gasteiger partial charge is 0.495 e. The first-order chi connectivity index (χ1) is 14.7. The molecule has 1 atom stereocenters. The third kappa shape index (κ3) is 3.93. The molecular formula is C20H22N4O7. The zero-order chi connectivity index (χ0) is 22.9. The third-order valence-electron chi connectivity index (χ3n) is 5.17. The van der Waals surface area contributed by atoms with E-state index in [9.17, 15) is 24.0 Å². The number of benzene rings is 1. The van der Waals surface area contributed by atoms with Gasteiger partial charge in [-0.3, -0.25) is 28.3 Å². The molecule has 11 heteroatoms. The van der Waals surface area contributed by atoms with E-state index < -0.39 is 41.1 Å². The Morgan fingerprint density at radius 1 is 1.13 bits per heavy atom. The van der Waals surface area contributed by atoms with Gasteiger partial charge in [0, 0.05) is 27.1 Å². The van der Waals surface area contributed by atoms with Crippen molar-refractivity contribution in [1.82, 2.24) is 9.13 Å². The Hall–Kier alpha value is -3.89. The molecule has 0 unspecified atom stereocenters. The van der Waals surface area contributed by atoms with E-state index in [4.69, 9.17) is 15.2 Å². The van der Waals surface area contributed by atoms with Crippen molar-refractivity contribution in [2.75, 3.05) is 30.9 Å². The van der Waals surface area contributed by atoms with Gasteiger partial charge in [0.1, 0.15) is 17.1 Å². The number of ketones is 1. The Morgan fingerprint density at radius 2 is 1.81 bits per heavy atom. The lowest BCUT2D eigenvalue weighted by atomic mass is 10.1. The zero-order valence-electron chi connectivity index (χ0n) is 17.3. The van der Waals surface area contributed by atoms with Crippen molar-refractivity contribution < 1.29 is 23.9 Å². The van der Waals surface area contributed by atoms with Crippen LogP contribution in [-0.4, -0.2) is 47.1 Å². The summed E-state index contributed by atoms with van der Waals surface area (Å²) in [6.45, 7) is -0.675. The van der Waals surface area contributed by atoms with Gasteiger partial charge < -0.3 is 20.1 Å². The second-order valence-corrected chi connectivity index (χ2v) is 7.07. The number of rotatable bonds is 6. The molecule has 0 bridgehead atoms. The fourth-order valence-corrected chi connectivity index (χ4v) is 3.40. The van der Waals surface area contributed by atoms with Gasteiger partial charge in [0.05, 0.1) is 18.7 Å². The summed E-state index contributed by atoms with van der Waals surface area (Å²) in [5.41, 5.74) is 4.27. The summed E-state index contributed by atoms with van der Waals surface area (Å²) in [5.74, 6) is -2.49. The van der Waals surface area contributed by atoms with Crippen molar-refractivity contribution >= 4 is 29.2 Å². The van der Waals surface area contributed by atoms with Crippen molar-refractivity contribution in [3.8, 4) is 5.75 Å². The average Bonchev–Trinajstić information content (AvgIpc) is 3.16. The number of carbonyl (C=O) groups excluding carboxylic acids is 3. The first-order valence-electron chi connectivity index (χ1n) is 9.36. The number of hydrogen-bond donors (Lipinski definition) is 1. The fraction of sp³-hybridized carbons (Fsp3) is 0.350. The van der Waals surface area contributed by atoms with Gasteiger partial charge >= 0.3 is 11.7 Å². The number of nitrogens with two attached hydrogens (primary N) is 1. The molecule has 3 rings (SSSR count). The van der Waals surface area contributed by atoms with E-state index in [1.165, 1.54) is 26.1 Å². The van der Waals surface area contributed by atoms with E-state index in [-0.39, 0.29) is 24.7 Å². The van der Waals surface area contributed by atoms with Gasteiger partial charge in [-0.25, -0.2) is 4.79 Å². The Balaban J connectivity index is 1.71. The molecule has 2 N–H and O–H groups in total. The van der Waals surface area contributed by atoms with E-state index in [1.54, 1.807) is 24.3 Å². The normalized spacial score (nSPS) is 15.8. The molecule has 31 heavy (non-hydrogen) atoms. The summed E-state index contributed by atoms with van der Waals surface area (Å²) >= 11 is 0. The minimum absolute atomic E-state index is 0.0655. The van der Waals surface area contributed by atoms with Crippen LogP contribution < -0.4 is 26.6 Å². The summed E-state index contributed by atoms with van der Waals surface area (Å²) < 4.78 is 12.0. The number of Topliss-reactive ketones (excluding diaryl/α,β-unsaturated/α-hetero) is 1. The van der Waals surface area contributed by atoms with Crippen LogP contribution in [0.5, 0.6) is 5.75 Å². The van der Waals surface area contributed by atoms with Crippen LogP contribution >= 0.6 is 0 Å². The third-order valence-corrected chi connectivity index (χ3v) is 5.17. The van der Waals surface area contributed by atoms with Crippen LogP contribution in [0.2, 0.25) is 0 Å². The number of aromatic nitrogens is 2. The topological polar surface area (TPSA) is 143 Å². The molecular weight excluding hydrogens is 408 g/mol. The number of carbonyl (C=O) groups is 3. The number of anilines is 2. The summed E-state index contributed by atoms with van der Waals surface area (Å²) in [6.07, 6.45) is -0.0885. The van der Waals surface area contributed by atoms with Crippen LogP contribution in [-0.2, 0) is 28.4 Å². The molecule has 1 aliphatic heterocycles. The minimum Gasteiger partial charge on any atom is -0.495 e. The Labute approximate surface area is 176 Å². The van der Waals surface area contributed by atoms with Gasteiger partial charge in [0.15, 0.2) is 6.61 Å². The zero-order valence-corrected chi connectivity index (χ0v) is 17.3. The SMILES string of the molecule is COc1ccccc1N1C[C@H](C(=O)OCC(=O)c2c(N)n(C)c(=O)n(C)c2=O)CC1=O. The van der Waals surface area contributed by atoms with E-state index in [1.807, 2.05) is 0 Å². The van der Waals surface area contributed by atoms with Gasteiger partial charge in [-0.2, -0.15) is 0 Å². The number of amides is 1. The highest BCUT2D eigenvalue weighted by Gasteiger charge is 2.37. The number of nitrogens with zero attached hydrogens (tertiary/aromatic N) is 3. The molecule has 2 heterocycles. The summed E-state index contributed by atoms with van der Waals surface area (Å²) in [7, 11) is 4.01. The molecule has 0 radical (unpaired) electrons. The van der Waals surface area contributed by atoms with Crippen molar-refractivity contribution in [3.05, 3.63) is 50.7 Å². The second kappa shape index (κ2) is 8.46. The van der Waals surface area contributed by atoms with Gasteiger partial charge in [-0.15, -0.1) is 0 Å². The summed E-state index contributed by atoms with van der Waals surface area (Å²) in [4.78, 5) is 62.9. The molecule has 0 aliphatic carbocycles. The number of nitrogen functional groups attached to an aromatic ring is 1. The molecule has 1 amide bonds. The van der Waals surface area contributed by atoms with E-state index >= 15 is 0 Å². The standard InChI is InChI=1S/C20H22N4O7/c1-22-17(21)16(18(27)23(2)20(22)29)13(25)10-31-19(28)11-8-15(26)24(9-11)12-6-4-5-7-14(12)30-3/h4-7,11H,8-10,21H2,1-3H3/t11-/m1/s1. The quantitative estimate of drug-likeness (QED) is 0.475. The number of methoxy groups -OCH3 is 1. The molecule has 1 saturated heterocycles. The highest BCUT2D eigenvalue weighted by atomic mass is 16.5. The Morgan fingerprint density at radius 3 is 2.48 bits per heavy atom. The van der Waals surface area contributed by atoms with Crippen molar-refractivity contribution in [2.45, 2.75) is 6.42 Å². The van der Waals surface area contributed by atoms with Crippen LogP contribution in [0.4, 0.5) is 11.5 Å². The van der Waals surface area contributed by atoms with Crippen LogP contribution in [0.25, 0.3) is 0 Å². The summed E-state index contributed by atoms with van der Waals surface area (Å²) in [5, 5.41) is 0. The molecule has 11 nitrogen and oxygen atoms in total. The van der Waals surface area contributed by atoms with Crippen LogP contribution in [0, 0.1) is 5.92 Å². The monoisotopic (exact) mass is 430 g/mol. The molecule has 2 aromatic rings. The van der Waals surface area contributed by atoms with Crippen LogP contribution in [0.15, 0.2) is 33.9 Å². The Kier molecular flexibility index (Phi) is 5.95. The van der Waals surface area contributed by atoms with E-state index in [2.05, 4.69) is 0 Å². The van der Waals surface area contributed by atoms with Crippen molar-refractivity contribution in [3.63, 3.8) is 0 Å². The van der Waals surface area contributed by atoms with E-state index in [0.29, 0.717) is 11.4 Å². The minimum atomic E-state index is -0.875. The van der Waals surface area contributed by atoms with Crippen molar-refractivity contribution in [2.24, 2.45) is 20.0 Å². The first kappa shape index (κ1) is 21.8. The molecule has 0 spiro atoms. The lowest BCUT2D eigenvalue weighted by molar-refractivity contribution is -0.147. The van der Waals surface area contributed by atoms with Gasteiger partial charge in [-0.05, 0) is 12.1 Å². The maximum Gasteiger partial charge on any atom is 0.332 e. The molecule has 1 aromatic carbocycles. The molecule has 0 saturated carbocycles. The van der Waals surface area contributed by atoms with Gasteiger partial charge in [0.2, 0.25) is 11.7 Å². The fourth-order valence-electron chi connectivity index (χ4n) is 3.40. The van der Waals surface area contributed by atoms with Gasteiger partial charge in [0.25, 0.3) is 5.56 Å². The smallest absolute Gasteiger partial charge is 0.332 e. The first-order valence-corrected chi connectivity index (χ1v) is 9.36. The lowest BCUT2D eigenvalue weighted by Crippen LogP contribution is -2.42. The molecule has 1 fully saturated rings. The maximum absolute atomic E-state index is 12.5. The van der Waals surface area contributed by atoms with Crippen molar-refractivity contribution in [1.29, 1.82) is 0 Å². The maximum atomic E-state index is 12.5. The second-order valence-electron chi connectivity index (χ2n) is 7.07. The van der Waals surface area contributed by atoms with Gasteiger partial charge in [-0.1, -0.05) is 12.1 Å². The molecule has 1 aromatic heterocycles. The lowest BCUT2D eigenvalue weighted by Gasteiger charge is -2.19. The number of ether oxygens (including phenoxy) is 2. The van der Waals surface area contributed by atoms with E-state index in [0.717, 1.165) is 9.13 Å².